The molecule has 0 spiro atoms. The van der Waals surface area contributed by atoms with Crippen molar-refractivity contribution in [2.24, 2.45) is 0 Å². The highest BCUT2D eigenvalue weighted by Gasteiger charge is 2.35. The largest absolute Gasteiger partial charge is 0.467 e. The monoisotopic (exact) mass is 272 g/mol. The number of para-hydroxylation sites is 1. The van der Waals surface area contributed by atoms with Gasteiger partial charge in [0.2, 0.25) is 5.91 Å². The van der Waals surface area contributed by atoms with Gasteiger partial charge < -0.3 is 14.6 Å². The van der Waals surface area contributed by atoms with Gasteiger partial charge in [-0.05, 0) is 11.6 Å². The van der Waals surface area contributed by atoms with E-state index in [1.807, 2.05) is 24.3 Å². The molecule has 0 bridgehead atoms. The number of aromatic amines is 1. The number of hydrogen-bond donors (Lipinski definition) is 1. The second-order valence-corrected chi connectivity index (χ2v) is 5.02. The quantitative estimate of drug-likeness (QED) is 0.802. The topological polar surface area (TPSA) is 62.4 Å². The van der Waals surface area contributed by atoms with E-state index in [1.165, 1.54) is 14.0 Å². The fraction of sp³-hybridized carbons (Fsp3) is 0.333. The molecule has 1 aromatic carbocycles. The number of esters is 1. The number of nitrogens with one attached hydrogen (secondary N) is 1. The fourth-order valence-corrected chi connectivity index (χ4v) is 2.89. The first-order chi connectivity index (χ1) is 9.61. The summed E-state index contributed by atoms with van der Waals surface area (Å²) in [6, 6.07) is 7.43. The molecule has 20 heavy (non-hydrogen) atoms. The molecule has 0 fully saturated rings. The van der Waals surface area contributed by atoms with E-state index in [1.54, 1.807) is 4.90 Å². The zero-order valence-electron chi connectivity index (χ0n) is 11.5. The Morgan fingerprint density at radius 3 is 2.80 bits per heavy atom. The molecule has 1 atom stereocenters. The molecule has 1 amide bonds. The Labute approximate surface area is 116 Å². The van der Waals surface area contributed by atoms with Gasteiger partial charge >= 0.3 is 5.97 Å². The highest BCUT2D eigenvalue weighted by molar-refractivity contribution is 5.89. The van der Waals surface area contributed by atoms with E-state index in [9.17, 15) is 9.59 Å². The van der Waals surface area contributed by atoms with Crippen molar-refractivity contribution in [3.8, 4) is 0 Å². The molecule has 0 saturated heterocycles. The van der Waals surface area contributed by atoms with Gasteiger partial charge in [-0.25, -0.2) is 4.79 Å². The van der Waals surface area contributed by atoms with Crippen LogP contribution in [-0.2, 0) is 27.3 Å². The number of nitrogens with zero attached hydrogens (tertiary/aromatic N) is 1. The molecular weight excluding hydrogens is 256 g/mol. The molecule has 1 aliphatic rings. The minimum Gasteiger partial charge on any atom is -0.467 e. The molecule has 1 aromatic heterocycles. The number of ether oxygens (including phenoxy) is 1. The van der Waals surface area contributed by atoms with E-state index >= 15 is 0 Å². The van der Waals surface area contributed by atoms with Crippen molar-refractivity contribution in [2.75, 3.05) is 7.11 Å². The van der Waals surface area contributed by atoms with Gasteiger partial charge in [-0.1, -0.05) is 18.2 Å². The van der Waals surface area contributed by atoms with E-state index in [2.05, 4.69) is 4.98 Å². The van der Waals surface area contributed by atoms with Crippen molar-refractivity contribution in [2.45, 2.75) is 25.9 Å². The zero-order valence-corrected chi connectivity index (χ0v) is 11.5. The van der Waals surface area contributed by atoms with Gasteiger partial charge in [0.1, 0.15) is 6.04 Å². The number of aromatic nitrogens is 1. The molecule has 1 aliphatic heterocycles. The number of carbonyl (C=O) groups excluding carboxylic acids is 2. The van der Waals surface area contributed by atoms with Crippen LogP contribution in [0.1, 0.15) is 18.2 Å². The summed E-state index contributed by atoms with van der Waals surface area (Å²) in [6.45, 7) is 1.89. The number of hydrogen-bond acceptors (Lipinski definition) is 3. The molecule has 2 heterocycles. The van der Waals surface area contributed by atoms with E-state index < -0.39 is 6.04 Å². The molecule has 104 valence electrons. The van der Waals surface area contributed by atoms with Gasteiger partial charge in [-0.3, -0.25) is 4.79 Å². The van der Waals surface area contributed by atoms with Crippen LogP contribution in [0.15, 0.2) is 24.3 Å². The van der Waals surface area contributed by atoms with Crippen LogP contribution in [0.4, 0.5) is 0 Å². The summed E-state index contributed by atoms with van der Waals surface area (Å²) in [4.78, 5) is 28.6. The van der Waals surface area contributed by atoms with E-state index in [4.69, 9.17) is 4.74 Å². The Hall–Kier alpha value is -2.30. The zero-order chi connectivity index (χ0) is 14.3. The summed E-state index contributed by atoms with van der Waals surface area (Å²) in [5.74, 6) is -0.485. The molecule has 1 N–H and O–H groups in total. The second-order valence-electron chi connectivity index (χ2n) is 5.02. The summed E-state index contributed by atoms with van der Waals surface area (Å²) in [7, 11) is 1.35. The number of benzene rings is 1. The number of H-pyrrole nitrogens is 1. The third-order valence-corrected chi connectivity index (χ3v) is 3.88. The molecule has 0 aliphatic carbocycles. The second kappa shape index (κ2) is 4.67. The molecule has 2 aromatic rings. The van der Waals surface area contributed by atoms with Crippen molar-refractivity contribution in [1.29, 1.82) is 0 Å². The van der Waals surface area contributed by atoms with E-state index in [0.717, 1.165) is 22.2 Å². The Balaban J connectivity index is 2.09. The molecule has 0 radical (unpaired) electrons. The summed E-state index contributed by atoms with van der Waals surface area (Å²) in [6.07, 6.45) is 0.492. The van der Waals surface area contributed by atoms with Crippen molar-refractivity contribution >= 4 is 22.8 Å². The molecule has 0 unspecified atom stereocenters. The average molecular weight is 272 g/mol. The maximum Gasteiger partial charge on any atom is 0.328 e. The van der Waals surface area contributed by atoms with Crippen LogP contribution in [0.25, 0.3) is 10.9 Å². The molecular formula is C15H16N2O3. The first-order valence-electron chi connectivity index (χ1n) is 6.55. The summed E-state index contributed by atoms with van der Waals surface area (Å²) >= 11 is 0. The standard InChI is InChI=1S/C15H16N2O3/c1-9(18)17-8-13-11(7-14(17)15(19)20-2)10-5-3-4-6-12(10)16-13/h3-6,14,16H,7-8H2,1-2H3/t14-/m0/s1. The number of rotatable bonds is 1. The maximum absolute atomic E-state index is 11.9. The van der Waals surface area contributed by atoms with Crippen molar-refractivity contribution < 1.29 is 14.3 Å². The first kappa shape index (κ1) is 12.7. The van der Waals surface area contributed by atoms with Gasteiger partial charge in [0.15, 0.2) is 0 Å². The summed E-state index contributed by atoms with van der Waals surface area (Å²) in [5.41, 5.74) is 3.14. The van der Waals surface area contributed by atoms with Gasteiger partial charge in [0, 0.05) is 29.9 Å². The van der Waals surface area contributed by atoms with Crippen LogP contribution in [0.3, 0.4) is 0 Å². The van der Waals surface area contributed by atoms with Crippen molar-refractivity contribution in [3.05, 3.63) is 35.5 Å². The summed E-state index contributed by atoms with van der Waals surface area (Å²) < 4.78 is 4.83. The highest BCUT2D eigenvalue weighted by Crippen LogP contribution is 2.30. The Morgan fingerprint density at radius 2 is 2.10 bits per heavy atom. The lowest BCUT2D eigenvalue weighted by molar-refractivity contribution is -0.153. The summed E-state index contributed by atoms with van der Waals surface area (Å²) in [5, 5.41) is 1.11. The van der Waals surface area contributed by atoms with Crippen LogP contribution < -0.4 is 0 Å². The van der Waals surface area contributed by atoms with E-state index in [-0.39, 0.29) is 11.9 Å². The van der Waals surface area contributed by atoms with Gasteiger partial charge in [0.25, 0.3) is 0 Å². The normalized spacial score (nSPS) is 17.9. The van der Waals surface area contributed by atoms with Gasteiger partial charge in [0.05, 0.1) is 13.7 Å². The molecule has 0 saturated carbocycles. The Bertz CT molecular complexity index is 689. The number of amides is 1. The van der Waals surface area contributed by atoms with E-state index in [0.29, 0.717) is 13.0 Å². The number of methoxy groups -OCH3 is 1. The fourth-order valence-electron chi connectivity index (χ4n) is 2.89. The molecule has 5 nitrogen and oxygen atoms in total. The minimum atomic E-state index is -0.538. The highest BCUT2D eigenvalue weighted by atomic mass is 16.5. The van der Waals surface area contributed by atoms with Crippen LogP contribution in [0.2, 0.25) is 0 Å². The lowest BCUT2D eigenvalue weighted by Crippen LogP contribution is -2.48. The lowest BCUT2D eigenvalue weighted by Gasteiger charge is -2.33. The number of carbonyl (C=O) groups is 2. The van der Waals surface area contributed by atoms with Gasteiger partial charge in [-0.2, -0.15) is 0 Å². The predicted octanol–water partition coefficient (Wildman–Crippen LogP) is 1.61. The SMILES string of the molecule is COC(=O)[C@@H]1Cc2c([nH]c3ccccc23)CN1C(C)=O. The number of fused-ring (bicyclic) bond motifs is 3. The predicted molar refractivity (Wildman–Crippen MR) is 74.0 cm³/mol. The molecule has 3 rings (SSSR count). The maximum atomic E-state index is 11.9. The molecule has 5 heteroatoms. The van der Waals surface area contributed by atoms with Crippen LogP contribution in [0.5, 0.6) is 0 Å². The van der Waals surface area contributed by atoms with Crippen LogP contribution in [0, 0.1) is 0 Å². The third kappa shape index (κ3) is 1.86. The van der Waals surface area contributed by atoms with Gasteiger partial charge in [-0.15, -0.1) is 0 Å². The average Bonchev–Trinajstić information content (AvgIpc) is 2.82. The van der Waals surface area contributed by atoms with Crippen LogP contribution in [-0.4, -0.2) is 34.9 Å². The Morgan fingerprint density at radius 1 is 1.35 bits per heavy atom. The van der Waals surface area contributed by atoms with Crippen LogP contribution >= 0.6 is 0 Å². The van der Waals surface area contributed by atoms with Crippen molar-refractivity contribution in [3.63, 3.8) is 0 Å². The first-order valence-corrected chi connectivity index (χ1v) is 6.55. The third-order valence-electron chi connectivity index (χ3n) is 3.88. The van der Waals surface area contributed by atoms with Crippen molar-refractivity contribution in [1.82, 2.24) is 9.88 Å². The smallest absolute Gasteiger partial charge is 0.328 e. The Kier molecular flexibility index (Phi) is 2.97. The lowest BCUT2D eigenvalue weighted by atomic mass is 9.96. The minimum absolute atomic E-state index is 0.121.